The molecule has 2 aromatic heterocycles. The Morgan fingerprint density at radius 3 is 2.81 bits per heavy atom. The lowest BCUT2D eigenvalue weighted by molar-refractivity contribution is 0.0959. The molecule has 0 saturated carbocycles. The molecule has 31 heavy (non-hydrogen) atoms. The number of H-pyrrole nitrogens is 1. The normalized spacial score (nSPS) is 20.4. The molecular formula is C23H27N5O2S. The van der Waals surface area contributed by atoms with Crippen molar-refractivity contribution < 1.29 is 4.79 Å². The van der Waals surface area contributed by atoms with Gasteiger partial charge in [0.1, 0.15) is 5.69 Å². The van der Waals surface area contributed by atoms with Crippen LogP contribution in [0.3, 0.4) is 0 Å². The van der Waals surface area contributed by atoms with Crippen LogP contribution in [0.5, 0.6) is 0 Å². The lowest BCUT2D eigenvalue weighted by atomic mass is 10.0. The molecule has 2 aliphatic heterocycles. The summed E-state index contributed by atoms with van der Waals surface area (Å²) in [5.41, 5.74) is 1.57. The van der Waals surface area contributed by atoms with Crippen LogP contribution in [0.1, 0.15) is 41.4 Å². The van der Waals surface area contributed by atoms with E-state index in [1.54, 1.807) is 7.05 Å². The monoisotopic (exact) mass is 437 g/mol. The number of anilines is 1. The summed E-state index contributed by atoms with van der Waals surface area (Å²) in [5, 5.41) is 7.18. The number of pyridine rings is 1. The van der Waals surface area contributed by atoms with Crippen LogP contribution in [-0.2, 0) is 0 Å². The number of aromatic nitrogens is 2. The molecule has 2 fully saturated rings. The van der Waals surface area contributed by atoms with Gasteiger partial charge >= 0.3 is 0 Å². The summed E-state index contributed by atoms with van der Waals surface area (Å²) in [7, 11) is 1.63. The van der Waals surface area contributed by atoms with Gasteiger partial charge in [0.15, 0.2) is 5.13 Å². The number of nitrogens with one attached hydrogen (secondary N) is 2. The summed E-state index contributed by atoms with van der Waals surface area (Å²) < 4.78 is 0. The van der Waals surface area contributed by atoms with E-state index in [1.807, 2.05) is 29.6 Å². The predicted molar refractivity (Wildman–Crippen MR) is 124 cm³/mol. The van der Waals surface area contributed by atoms with Crippen molar-refractivity contribution in [3.63, 3.8) is 0 Å². The number of benzene rings is 1. The molecule has 7 nitrogen and oxygen atoms in total. The average molecular weight is 438 g/mol. The molecule has 0 aliphatic carbocycles. The number of fused-ring (bicyclic) bond motifs is 1. The number of carbonyl (C=O) groups is 1. The van der Waals surface area contributed by atoms with E-state index in [-0.39, 0.29) is 11.5 Å². The largest absolute Gasteiger partial charge is 0.354 e. The predicted octanol–water partition coefficient (Wildman–Crippen LogP) is 2.80. The molecular weight excluding hydrogens is 410 g/mol. The van der Waals surface area contributed by atoms with Crippen molar-refractivity contribution in [1.29, 1.82) is 0 Å². The number of rotatable bonds is 4. The maximum Gasteiger partial charge on any atom is 0.270 e. The smallest absolute Gasteiger partial charge is 0.270 e. The molecule has 3 aromatic rings. The van der Waals surface area contributed by atoms with Gasteiger partial charge in [0.2, 0.25) is 0 Å². The van der Waals surface area contributed by atoms with E-state index in [4.69, 9.17) is 0 Å². The average Bonchev–Trinajstić information content (AvgIpc) is 3.49. The standard InChI is InChI=1S/C23H27N5O2S/c1-24-22(30)20-14-31-23(26-20)27-10-7-17(8-11-27)28-9-6-16(13-28)19-12-15-4-2-3-5-18(15)21(29)25-19/h2-5,12,14,16-17H,6-11,13H2,1H3,(H,24,30)(H,25,29). The summed E-state index contributed by atoms with van der Waals surface area (Å²) >= 11 is 1.54. The van der Waals surface area contributed by atoms with Crippen LogP contribution >= 0.6 is 11.3 Å². The summed E-state index contributed by atoms with van der Waals surface area (Å²) in [4.78, 5) is 36.7. The van der Waals surface area contributed by atoms with Crippen molar-refractivity contribution in [3.05, 3.63) is 57.5 Å². The Bertz CT molecular complexity index is 1150. The van der Waals surface area contributed by atoms with Crippen LogP contribution < -0.4 is 15.8 Å². The number of piperidine rings is 1. The third-order valence-electron chi connectivity index (χ3n) is 6.64. The fourth-order valence-corrected chi connectivity index (χ4v) is 5.75. The van der Waals surface area contributed by atoms with E-state index < -0.39 is 0 Å². The molecule has 0 spiro atoms. The number of aromatic amines is 1. The highest BCUT2D eigenvalue weighted by molar-refractivity contribution is 7.13. The highest BCUT2D eigenvalue weighted by atomic mass is 32.1. The molecule has 1 aromatic carbocycles. The van der Waals surface area contributed by atoms with Gasteiger partial charge < -0.3 is 15.2 Å². The number of amides is 1. The number of likely N-dealkylation sites (tertiary alicyclic amines) is 1. The zero-order chi connectivity index (χ0) is 21.4. The second kappa shape index (κ2) is 8.43. The molecule has 1 amide bonds. The van der Waals surface area contributed by atoms with Crippen LogP contribution in [0.25, 0.3) is 10.8 Å². The topological polar surface area (TPSA) is 81.3 Å². The molecule has 1 atom stereocenters. The van der Waals surface area contributed by atoms with Gasteiger partial charge in [-0.05, 0) is 43.3 Å². The van der Waals surface area contributed by atoms with Crippen LogP contribution in [0.15, 0.2) is 40.5 Å². The minimum atomic E-state index is -0.132. The van der Waals surface area contributed by atoms with E-state index >= 15 is 0 Å². The van der Waals surface area contributed by atoms with E-state index in [9.17, 15) is 9.59 Å². The number of thiazole rings is 1. The van der Waals surface area contributed by atoms with Crippen LogP contribution in [0.2, 0.25) is 0 Å². The van der Waals surface area contributed by atoms with Gasteiger partial charge in [-0.15, -0.1) is 11.3 Å². The van der Waals surface area contributed by atoms with Crippen molar-refractivity contribution >= 4 is 33.1 Å². The van der Waals surface area contributed by atoms with Crippen LogP contribution in [0, 0.1) is 0 Å². The Morgan fingerprint density at radius 2 is 2.00 bits per heavy atom. The SMILES string of the molecule is CNC(=O)c1csc(N2CCC(N3CCC(c4cc5ccccc5c(=O)[nH]4)C3)CC2)n1. The summed E-state index contributed by atoms with van der Waals surface area (Å²) in [6, 6.07) is 10.5. The Balaban J connectivity index is 1.21. The summed E-state index contributed by atoms with van der Waals surface area (Å²) in [6.07, 6.45) is 3.27. The van der Waals surface area contributed by atoms with Gasteiger partial charge in [0.25, 0.3) is 11.5 Å². The Kier molecular flexibility index (Phi) is 5.50. The maximum atomic E-state index is 12.5. The van der Waals surface area contributed by atoms with Crippen molar-refractivity contribution in [2.75, 3.05) is 38.1 Å². The Hall–Kier alpha value is -2.71. The van der Waals surface area contributed by atoms with Gasteiger partial charge in [-0.25, -0.2) is 4.98 Å². The van der Waals surface area contributed by atoms with Gasteiger partial charge in [-0.1, -0.05) is 18.2 Å². The molecule has 4 heterocycles. The first-order chi connectivity index (χ1) is 15.1. The third-order valence-corrected chi connectivity index (χ3v) is 7.54. The van der Waals surface area contributed by atoms with Gasteiger partial charge in [0.05, 0.1) is 0 Å². The number of nitrogens with zero attached hydrogens (tertiary/aromatic N) is 3. The minimum Gasteiger partial charge on any atom is -0.354 e. The molecule has 1 unspecified atom stereocenters. The molecule has 0 radical (unpaired) electrons. The van der Waals surface area contributed by atoms with Gasteiger partial charge in [-0.3, -0.25) is 14.5 Å². The fraction of sp³-hybridized carbons (Fsp3) is 0.435. The van der Waals surface area contributed by atoms with Gasteiger partial charge in [-0.2, -0.15) is 0 Å². The highest BCUT2D eigenvalue weighted by Crippen LogP contribution is 2.32. The Labute approximate surface area is 185 Å². The van der Waals surface area contributed by atoms with Crippen LogP contribution in [0.4, 0.5) is 5.13 Å². The second-order valence-corrected chi connectivity index (χ2v) is 9.27. The highest BCUT2D eigenvalue weighted by Gasteiger charge is 2.32. The fourth-order valence-electron chi connectivity index (χ4n) is 4.89. The van der Waals surface area contributed by atoms with E-state index in [1.165, 1.54) is 11.3 Å². The van der Waals surface area contributed by atoms with E-state index in [0.29, 0.717) is 17.7 Å². The Morgan fingerprint density at radius 1 is 1.19 bits per heavy atom. The number of hydrogen-bond donors (Lipinski definition) is 2. The first kappa shape index (κ1) is 20.2. The molecule has 0 bridgehead atoms. The molecule has 2 aliphatic rings. The lowest BCUT2D eigenvalue weighted by Gasteiger charge is -2.36. The third kappa shape index (κ3) is 3.97. The van der Waals surface area contributed by atoms with Crippen molar-refractivity contribution in [3.8, 4) is 0 Å². The zero-order valence-electron chi connectivity index (χ0n) is 17.6. The second-order valence-electron chi connectivity index (χ2n) is 8.43. The molecule has 8 heteroatoms. The number of hydrogen-bond acceptors (Lipinski definition) is 6. The molecule has 2 N–H and O–H groups in total. The van der Waals surface area contributed by atoms with Crippen molar-refractivity contribution in [2.45, 2.75) is 31.2 Å². The van der Waals surface area contributed by atoms with Crippen molar-refractivity contribution in [2.24, 2.45) is 0 Å². The first-order valence-corrected chi connectivity index (χ1v) is 11.8. The van der Waals surface area contributed by atoms with Crippen molar-refractivity contribution in [1.82, 2.24) is 20.2 Å². The van der Waals surface area contributed by atoms with Crippen LogP contribution in [-0.4, -0.2) is 60.0 Å². The molecule has 5 rings (SSSR count). The minimum absolute atomic E-state index is 0.0134. The number of carbonyl (C=O) groups excluding carboxylic acids is 1. The first-order valence-electron chi connectivity index (χ1n) is 10.9. The molecule has 162 valence electrons. The summed E-state index contributed by atoms with van der Waals surface area (Å²) in [5.74, 6) is 0.247. The van der Waals surface area contributed by atoms with E-state index in [0.717, 1.165) is 67.0 Å². The lowest BCUT2D eigenvalue weighted by Crippen LogP contribution is -2.44. The quantitative estimate of drug-likeness (QED) is 0.656. The summed E-state index contributed by atoms with van der Waals surface area (Å²) in [6.45, 7) is 3.98. The molecule has 2 saturated heterocycles. The van der Waals surface area contributed by atoms with Gasteiger partial charge in [0, 0.05) is 55.1 Å². The van der Waals surface area contributed by atoms with E-state index in [2.05, 4.69) is 31.2 Å². The zero-order valence-corrected chi connectivity index (χ0v) is 18.5. The maximum absolute atomic E-state index is 12.5.